The monoisotopic (exact) mass is 310 g/mol. The molecular formula is C13H18N4Se. The topological polar surface area (TPSA) is 41.0 Å². The Balaban J connectivity index is 1.75. The van der Waals surface area contributed by atoms with E-state index >= 15 is 0 Å². The van der Waals surface area contributed by atoms with Crippen LogP contribution in [-0.4, -0.2) is 53.0 Å². The predicted molar refractivity (Wildman–Crippen MR) is 75.2 cm³/mol. The van der Waals surface area contributed by atoms with Crippen molar-refractivity contribution in [1.29, 1.82) is 0 Å². The number of fused-ring (bicyclic) bond motifs is 1. The van der Waals surface area contributed by atoms with E-state index in [-0.39, 0.29) is 15.0 Å². The van der Waals surface area contributed by atoms with Gasteiger partial charge in [0.25, 0.3) is 0 Å². The molecule has 96 valence electrons. The minimum absolute atomic E-state index is 0.0553. The molecule has 1 N–H and O–H groups in total. The van der Waals surface area contributed by atoms with E-state index in [1.807, 2.05) is 6.07 Å². The first-order chi connectivity index (χ1) is 8.74. The van der Waals surface area contributed by atoms with Crippen LogP contribution in [0.1, 0.15) is 20.3 Å². The molecule has 2 aromatic rings. The Labute approximate surface area is 114 Å². The van der Waals surface area contributed by atoms with Gasteiger partial charge >= 0.3 is 113 Å². The fourth-order valence-electron chi connectivity index (χ4n) is 2.52. The van der Waals surface area contributed by atoms with E-state index in [2.05, 4.69) is 44.2 Å². The molecule has 1 aromatic heterocycles. The average molecular weight is 309 g/mol. The van der Waals surface area contributed by atoms with Crippen molar-refractivity contribution in [3.05, 3.63) is 18.2 Å². The number of nitrogens with zero attached hydrogens (tertiary/aromatic N) is 3. The minimum atomic E-state index is 0.0553. The first-order valence-corrected chi connectivity index (χ1v) is 7.99. The van der Waals surface area contributed by atoms with Crippen LogP contribution < -0.4 is 5.32 Å². The van der Waals surface area contributed by atoms with Crippen LogP contribution in [0.15, 0.2) is 18.2 Å². The molecule has 0 amide bonds. The first kappa shape index (κ1) is 12.1. The molecule has 0 aliphatic carbocycles. The Kier molecular flexibility index (Phi) is 3.37. The Hall–Kier alpha value is -0.901. The van der Waals surface area contributed by atoms with Crippen LogP contribution in [0, 0.1) is 0 Å². The molecule has 0 spiro atoms. The summed E-state index contributed by atoms with van der Waals surface area (Å²) in [5.74, 6) is 0. The quantitative estimate of drug-likeness (QED) is 0.874. The van der Waals surface area contributed by atoms with Gasteiger partial charge in [-0.1, -0.05) is 0 Å². The molecule has 1 aromatic carbocycles. The van der Waals surface area contributed by atoms with Crippen molar-refractivity contribution in [2.24, 2.45) is 0 Å². The molecular weight excluding hydrogens is 291 g/mol. The van der Waals surface area contributed by atoms with Crippen LogP contribution in [0.25, 0.3) is 11.0 Å². The number of hydrogen-bond donors (Lipinski definition) is 1. The summed E-state index contributed by atoms with van der Waals surface area (Å²) in [6.07, 6.45) is 1.21. The number of likely N-dealkylation sites (tertiary alicyclic amines) is 1. The van der Waals surface area contributed by atoms with Gasteiger partial charge in [-0.05, 0) is 0 Å². The molecule has 1 atom stereocenters. The summed E-state index contributed by atoms with van der Waals surface area (Å²) in [7, 11) is 0. The van der Waals surface area contributed by atoms with E-state index in [0.29, 0.717) is 12.1 Å². The van der Waals surface area contributed by atoms with Crippen LogP contribution in [0.4, 0.5) is 5.69 Å². The van der Waals surface area contributed by atoms with Gasteiger partial charge < -0.3 is 0 Å². The number of benzene rings is 1. The summed E-state index contributed by atoms with van der Waals surface area (Å²) in [6.45, 7) is 6.85. The van der Waals surface area contributed by atoms with Gasteiger partial charge in [0.2, 0.25) is 0 Å². The zero-order valence-corrected chi connectivity index (χ0v) is 12.5. The summed E-state index contributed by atoms with van der Waals surface area (Å²) < 4.78 is 8.94. The van der Waals surface area contributed by atoms with Crippen LogP contribution >= 0.6 is 0 Å². The van der Waals surface area contributed by atoms with Crippen LogP contribution in [-0.2, 0) is 0 Å². The Morgan fingerprint density at radius 2 is 2.28 bits per heavy atom. The van der Waals surface area contributed by atoms with Gasteiger partial charge in [0.05, 0.1) is 0 Å². The molecule has 1 saturated heterocycles. The van der Waals surface area contributed by atoms with E-state index in [1.165, 1.54) is 13.0 Å². The van der Waals surface area contributed by atoms with Gasteiger partial charge in [0, 0.05) is 0 Å². The van der Waals surface area contributed by atoms with Gasteiger partial charge in [-0.15, -0.1) is 0 Å². The van der Waals surface area contributed by atoms with Crippen LogP contribution in [0.2, 0.25) is 0 Å². The van der Waals surface area contributed by atoms with E-state index in [0.717, 1.165) is 23.3 Å². The normalized spacial score (nSPS) is 20.9. The zero-order chi connectivity index (χ0) is 12.5. The van der Waals surface area contributed by atoms with Crippen molar-refractivity contribution in [1.82, 2.24) is 12.9 Å². The van der Waals surface area contributed by atoms with Crippen molar-refractivity contribution in [2.75, 3.05) is 18.4 Å². The number of nitrogens with one attached hydrogen (secondary N) is 1. The second-order valence-electron chi connectivity index (χ2n) is 5.16. The number of aromatic nitrogens is 2. The fraction of sp³-hybridized carbons (Fsp3) is 0.538. The molecule has 0 saturated carbocycles. The van der Waals surface area contributed by atoms with Gasteiger partial charge in [0.15, 0.2) is 0 Å². The third kappa shape index (κ3) is 2.30. The molecule has 1 unspecified atom stereocenters. The molecule has 0 radical (unpaired) electrons. The third-order valence-corrected chi connectivity index (χ3v) is 4.73. The Morgan fingerprint density at radius 3 is 3.06 bits per heavy atom. The summed E-state index contributed by atoms with van der Waals surface area (Å²) in [5, 5.41) is 3.64. The van der Waals surface area contributed by atoms with Crippen molar-refractivity contribution in [3.8, 4) is 0 Å². The third-order valence-electron chi connectivity index (χ3n) is 3.60. The fourth-order valence-corrected chi connectivity index (χ4v) is 3.67. The van der Waals surface area contributed by atoms with Gasteiger partial charge in [0.1, 0.15) is 0 Å². The van der Waals surface area contributed by atoms with Crippen molar-refractivity contribution >= 4 is 31.7 Å². The maximum absolute atomic E-state index is 4.52. The summed E-state index contributed by atoms with van der Waals surface area (Å²) >= 11 is 0.0553. The van der Waals surface area contributed by atoms with E-state index in [4.69, 9.17) is 0 Å². The van der Waals surface area contributed by atoms with Crippen molar-refractivity contribution < 1.29 is 0 Å². The molecule has 4 nitrogen and oxygen atoms in total. The van der Waals surface area contributed by atoms with Crippen molar-refractivity contribution in [2.45, 2.75) is 32.4 Å². The van der Waals surface area contributed by atoms with Gasteiger partial charge in [-0.3, -0.25) is 0 Å². The Bertz CT molecular complexity index is 537. The number of anilines is 1. The molecule has 1 fully saturated rings. The summed E-state index contributed by atoms with van der Waals surface area (Å²) in [5.41, 5.74) is 3.28. The maximum atomic E-state index is 4.52. The van der Waals surface area contributed by atoms with Crippen molar-refractivity contribution in [3.63, 3.8) is 0 Å². The molecule has 18 heavy (non-hydrogen) atoms. The molecule has 5 heteroatoms. The van der Waals surface area contributed by atoms with Gasteiger partial charge in [-0.2, -0.15) is 0 Å². The average Bonchev–Trinajstić information content (AvgIpc) is 2.97. The SMILES string of the molecule is CC(C)N1CCC(Nc2cccc3n[se]nc23)C1. The van der Waals surface area contributed by atoms with E-state index < -0.39 is 0 Å². The molecule has 1 aliphatic rings. The molecule has 0 bridgehead atoms. The second kappa shape index (κ2) is 5.00. The van der Waals surface area contributed by atoms with Crippen LogP contribution in [0.5, 0.6) is 0 Å². The summed E-state index contributed by atoms with van der Waals surface area (Å²) in [4.78, 5) is 2.52. The predicted octanol–water partition coefficient (Wildman–Crippen LogP) is 1.58. The van der Waals surface area contributed by atoms with Gasteiger partial charge in [-0.25, -0.2) is 0 Å². The zero-order valence-electron chi connectivity index (χ0n) is 10.8. The second-order valence-corrected chi connectivity index (χ2v) is 6.26. The standard InChI is InChI=1S/C13H18N4Se/c1-9(2)17-7-6-10(8-17)14-11-4-3-5-12-13(11)16-18-15-12/h3-5,9-10,14H,6-8H2,1-2H3. The van der Waals surface area contributed by atoms with E-state index in [1.54, 1.807) is 0 Å². The van der Waals surface area contributed by atoms with Crippen LogP contribution in [0.3, 0.4) is 0 Å². The molecule has 1 aliphatic heterocycles. The first-order valence-electron chi connectivity index (χ1n) is 6.46. The Morgan fingerprint density at radius 1 is 1.39 bits per heavy atom. The molecule has 3 rings (SSSR count). The van der Waals surface area contributed by atoms with E-state index in [9.17, 15) is 0 Å². The number of rotatable bonds is 3. The molecule has 2 heterocycles. The number of hydrogen-bond acceptors (Lipinski definition) is 4. The summed E-state index contributed by atoms with van der Waals surface area (Å²) in [6, 6.07) is 7.42.